The van der Waals surface area contributed by atoms with Crippen molar-refractivity contribution >= 4 is 21.6 Å². The lowest BCUT2D eigenvalue weighted by atomic mass is 10.1. The highest BCUT2D eigenvalue weighted by molar-refractivity contribution is 7.90. The third-order valence-corrected chi connectivity index (χ3v) is 6.21. The zero-order valence-electron chi connectivity index (χ0n) is 17.1. The van der Waals surface area contributed by atoms with Gasteiger partial charge >= 0.3 is 0 Å². The van der Waals surface area contributed by atoms with Crippen LogP contribution in [0.5, 0.6) is 0 Å². The van der Waals surface area contributed by atoms with E-state index in [1.807, 2.05) is 0 Å². The van der Waals surface area contributed by atoms with Gasteiger partial charge in [-0.3, -0.25) is 4.79 Å². The second-order valence-electron chi connectivity index (χ2n) is 7.75. The molecule has 1 aromatic heterocycles. The van der Waals surface area contributed by atoms with E-state index in [1.54, 1.807) is 6.20 Å². The number of hydrogen-bond donors (Lipinski definition) is 2. The molecule has 0 saturated heterocycles. The minimum atomic E-state index is -3.62. The molecule has 0 radical (unpaired) electrons. The monoisotopic (exact) mass is 458 g/mol. The average molecular weight is 458 g/mol. The zero-order chi connectivity index (χ0) is 23.0. The van der Waals surface area contributed by atoms with Crippen molar-refractivity contribution in [1.29, 1.82) is 0 Å². The van der Waals surface area contributed by atoms with Gasteiger partial charge in [0.25, 0.3) is 5.91 Å². The molecule has 166 valence electrons. The molecule has 3 N–H and O–H groups in total. The Hall–Kier alpha value is -3.40. The molecule has 3 aromatic rings. The molecule has 0 unspecified atom stereocenters. The van der Waals surface area contributed by atoms with Crippen LogP contribution in [0.25, 0.3) is 11.3 Å². The maximum atomic E-state index is 14.7. The Bertz CT molecular complexity index is 1320. The van der Waals surface area contributed by atoms with Gasteiger partial charge in [-0.05, 0) is 48.7 Å². The molecule has 1 aliphatic carbocycles. The summed E-state index contributed by atoms with van der Waals surface area (Å²) >= 11 is 0. The topological polar surface area (TPSA) is 115 Å². The van der Waals surface area contributed by atoms with Gasteiger partial charge in [0, 0.05) is 24.3 Å². The molecule has 32 heavy (non-hydrogen) atoms. The quantitative estimate of drug-likeness (QED) is 0.586. The lowest BCUT2D eigenvalue weighted by Gasteiger charge is -2.10. The van der Waals surface area contributed by atoms with Crippen LogP contribution >= 0.6 is 0 Å². The summed E-state index contributed by atoms with van der Waals surface area (Å²) in [5, 5.41) is 2.47. The third-order valence-electron chi connectivity index (χ3n) is 5.11. The Labute approximate surface area is 183 Å². The molecule has 0 aliphatic heterocycles. The summed E-state index contributed by atoms with van der Waals surface area (Å²) in [7, 11) is -3.62. The smallest absolute Gasteiger partial charge is 0.254 e. The van der Waals surface area contributed by atoms with Gasteiger partial charge in [-0.2, -0.15) is 0 Å². The van der Waals surface area contributed by atoms with Crippen LogP contribution in [0.3, 0.4) is 0 Å². The van der Waals surface area contributed by atoms with Crippen LogP contribution in [-0.2, 0) is 16.4 Å². The highest BCUT2D eigenvalue weighted by Crippen LogP contribution is 2.39. The predicted molar refractivity (Wildman–Crippen MR) is 114 cm³/mol. The molecular weight excluding hydrogens is 438 g/mol. The normalized spacial score (nSPS) is 13.7. The zero-order valence-corrected chi connectivity index (χ0v) is 17.9. The third kappa shape index (κ3) is 4.75. The molecule has 1 fully saturated rings. The highest BCUT2D eigenvalue weighted by atomic mass is 32.2. The van der Waals surface area contributed by atoms with Crippen LogP contribution in [0.15, 0.2) is 47.5 Å². The summed E-state index contributed by atoms with van der Waals surface area (Å²) in [5.41, 5.74) is 7.47. The summed E-state index contributed by atoms with van der Waals surface area (Å²) in [4.78, 5) is 20.9. The van der Waals surface area contributed by atoms with E-state index in [2.05, 4.69) is 15.3 Å². The van der Waals surface area contributed by atoms with Crippen LogP contribution in [0, 0.1) is 11.6 Å². The maximum Gasteiger partial charge on any atom is 0.254 e. The Morgan fingerprint density at radius 1 is 1.19 bits per heavy atom. The molecular formula is C22H20F2N4O3S. The van der Waals surface area contributed by atoms with Crippen molar-refractivity contribution < 1.29 is 22.0 Å². The number of sulfone groups is 1. The van der Waals surface area contributed by atoms with Crippen LogP contribution in [0.4, 0.5) is 14.6 Å². The van der Waals surface area contributed by atoms with Crippen molar-refractivity contribution in [3.05, 3.63) is 71.1 Å². The first kappa shape index (κ1) is 21.8. The molecule has 1 amide bonds. The first-order valence-electron chi connectivity index (χ1n) is 9.82. The van der Waals surface area contributed by atoms with Gasteiger partial charge < -0.3 is 11.1 Å². The standard InChI is InChI=1S/C22H20F2N4O3S/c1-32(30,31)16-7-12(6-15(23)9-16)10-27-22(29)17-5-4-14(8-18(17)24)20-21(25)26-11-19(28-20)13-2-3-13/h4-9,11,13H,2-3,10H2,1H3,(H2,25,26)(H,27,29). The minimum absolute atomic E-state index is 0.166. The van der Waals surface area contributed by atoms with Crippen LogP contribution in [0.1, 0.15) is 40.4 Å². The van der Waals surface area contributed by atoms with Gasteiger partial charge in [0.1, 0.15) is 23.1 Å². The summed E-state index contributed by atoms with van der Waals surface area (Å²) in [6, 6.07) is 7.24. The molecule has 1 heterocycles. The fraction of sp³-hybridized carbons (Fsp3) is 0.227. The number of amides is 1. The second kappa shape index (κ2) is 8.27. The van der Waals surface area contributed by atoms with Crippen LogP contribution in [0.2, 0.25) is 0 Å². The van der Waals surface area contributed by atoms with Crippen molar-refractivity contribution in [3.8, 4) is 11.3 Å². The average Bonchev–Trinajstić information content (AvgIpc) is 3.57. The molecule has 0 atom stereocenters. The van der Waals surface area contributed by atoms with Gasteiger partial charge in [0.2, 0.25) is 0 Å². The van der Waals surface area contributed by atoms with E-state index >= 15 is 0 Å². The molecule has 1 saturated carbocycles. The molecule has 0 spiro atoms. The number of nitrogens with one attached hydrogen (secondary N) is 1. The number of nitrogens with zero attached hydrogens (tertiary/aromatic N) is 2. The number of halogens is 2. The molecule has 7 nitrogen and oxygen atoms in total. The second-order valence-corrected chi connectivity index (χ2v) is 9.76. The number of hydrogen-bond acceptors (Lipinski definition) is 6. The van der Waals surface area contributed by atoms with Crippen molar-refractivity contribution in [3.63, 3.8) is 0 Å². The first-order valence-corrected chi connectivity index (χ1v) is 11.7. The SMILES string of the molecule is CS(=O)(=O)c1cc(F)cc(CNC(=O)c2ccc(-c3nc(C4CC4)cnc3N)cc2F)c1. The minimum Gasteiger partial charge on any atom is -0.382 e. The van der Waals surface area contributed by atoms with Crippen molar-refractivity contribution in [2.45, 2.75) is 30.2 Å². The highest BCUT2D eigenvalue weighted by Gasteiger charge is 2.26. The Kier molecular flexibility index (Phi) is 5.64. The number of carbonyl (C=O) groups excluding carboxylic acids is 1. The summed E-state index contributed by atoms with van der Waals surface area (Å²) in [6.07, 6.45) is 4.64. The number of rotatable bonds is 6. The lowest BCUT2D eigenvalue weighted by Crippen LogP contribution is -2.24. The van der Waals surface area contributed by atoms with E-state index < -0.39 is 27.4 Å². The lowest BCUT2D eigenvalue weighted by molar-refractivity contribution is 0.0947. The largest absolute Gasteiger partial charge is 0.382 e. The Balaban J connectivity index is 1.52. The van der Waals surface area contributed by atoms with E-state index in [4.69, 9.17) is 5.73 Å². The summed E-state index contributed by atoms with van der Waals surface area (Å²) in [6.45, 7) is -0.178. The summed E-state index contributed by atoms with van der Waals surface area (Å²) < 4.78 is 51.7. The van der Waals surface area contributed by atoms with E-state index in [0.29, 0.717) is 17.2 Å². The number of benzene rings is 2. The number of carbonyl (C=O) groups is 1. The van der Waals surface area contributed by atoms with Gasteiger partial charge in [-0.15, -0.1) is 0 Å². The number of nitrogen functional groups attached to an aromatic ring is 1. The van der Waals surface area contributed by atoms with Crippen molar-refractivity contribution in [1.82, 2.24) is 15.3 Å². The fourth-order valence-electron chi connectivity index (χ4n) is 3.26. The molecule has 0 bridgehead atoms. The van der Waals surface area contributed by atoms with Gasteiger partial charge in [-0.1, -0.05) is 6.07 Å². The predicted octanol–water partition coefficient (Wildman–Crippen LogP) is 3.21. The molecule has 2 aromatic carbocycles. The van der Waals surface area contributed by atoms with Gasteiger partial charge in [0.05, 0.1) is 22.3 Å². The van der Waals surface area contributed by atoms with E-state index in [9.17, 15) is 22.0 Å². The van der Waals surface area contributed by atoms with Gasteiger partial charge in [0.15, 0.2) is 9.84 Å². The number of anilines is 1. The fourth-order valence-corrected chi connectivity index (χ4v) is 3.95. The number of nitrogens with two attached hydrogens (primary N) is 1. The van der Waals surface area contributed by atoms with Crippen LogP contribution < -0.4 is 11.1 Å². The van der Waals surface area contributed by atoms with E-state index in [1.165, 1.54) is 18.2 Å². The molecule has 1 aliphatic rings. The van der Waals surface area contributed by atoms with Crippen molar-refractivity contribution in [2.24, 2.45) is 0 Å². The van der Waals surface area contributed by atoms with E-state index in [0.717, 1.165) is 43.0 Å². The van der Waals surface area contributed by atoms with Gasteiger partial charge in [-0.25, -0.2) is 27.2 Å². The number of aromatic nitrogens is 2. The van der Waals surface area contributed by atoms with Crippen LogP contribution in [-0.4, -0.2) is 30.5 Å². The van der Waals surface area contributed by atoms with E-state index in [-0.39, 0.29) is 28.4 Å². The summed E-state index contributed by atoms with van der Waals surface area (Å²) in [5.74, 6) is -1.75. The van der Waals surface area contributed by atoms with Crippen molar-refractivity contribution in [2.75, 3.05) is 12.0 Å². The molecule has 10 heteroatoms. The first-order chi connectivity index (χ1) is 15.1. The molecule has 4 rings (SSSR count). The maximum absolute atomic E-state index is 14.7. The Morgan fingerprint density at radius 3 is 2.59 bits per heavy atom. The Morgan fingerprint density at radius 2 is 1.94 bits per heavy atom.